The molecule has 0 fully saturated rings. The molecule has 28 heavy (non-hydrogen) atoms. The fourth-order valence-corrected chi connectivity index (χ4v) is 3.58. The Bertz CT molecular complexity index is 976. The quantitative estimate of drug-likeness (QED) is 0.464. The summed E-state index contributed by atoms with van der Waals surface area (Å²) in [5, 5.41) is 4.53. The van der Waals surface area contributed by atoms with Crippen LogP contribution in [0.2, 0.25) is 5.02 Å². The molecule has 148 valence electrons. The molecule has 0 radical (unpaired) electrons. The van der Waals surface area contributed by atoms with Crippen molar-refractivity contribution in [2.45, 2.75) is 52.1 Å². The Balaban J connectivity index is 1.91. The van der Waals surface area contributed by atoms with Crippen LogP contribution >= 0.6 is 11.6 Å². The van der Waals surface area contributed by atoms with Crippen LogP contribution in [0.25, 0.3) is 10.9 Å². The van der Waals surface area contributed by atoms with Gasteiger partial charge in [0.2, 0.25) is 0 Å². The summed E-state index contributed by atoms with van der Waals surface area (Å²) in [5.74, 6) is -0.471. The summed E-state index contributed by atoms with van der Waals surface area (Å²) in [5.41, 5.74) is 1.71. The number of benzene rings is 2. The summed E-state index contributed by atoms with van der Waals surface area (Å²) in [6, 6.07) is 12.0. The van der Waals surface area contributed by atoms with Gasteiger partial charge in [0.25, 0.3) is 5.91 Å². The molecular formula is C23H26ClFN2O. The molecule has 1 N–H and O–H groups in total. The van der Waals surface area contributed by atoms with Crippen molar-refractivity contribution in [2.24, 2.45) is 0 Å². The van der Waals surface area contributed by atoms with Gasteiger partial charge in [0.15, 0.2) is 0 Å². The van der Waals surface area contributed by atoms with Crippen molar-refractivity contribution in [2.75, 3.05) is 0 Å². The van der Waals surface area contributed by atoms with E-state index in [1.165, 1.54) is 12.1 Å². The van der Waals surface area contributed by atoms with E-state index in [-0.39, 0.29) is 11.7 Å². The number of hydrogen-bond acceptors (Lipinski definition) is 1. The van der Waals surface area contributed by atoms with Crippen molar-refractivity contribution in [1.82, 2.24) is 9.88 Å². The largest absolute Gasteiger partial charge is 0.347 e. The molecule has 0 aliphatic heterocycles. The smallest absolute Gasteiger partial charge is 0.254 e. The number of unbranched alkanes of at least 4 members (excludes halogenated alkanes) is 2. The fraction of sp³-hybridized carbons (Fsp3) is 0.348. The van der Waals surface area contributed by atoms with Crippen LogP contribution in [0.5, 0.6) is 0 Å². The molecule has 0 bridgehead atoms. The zero-order valence-electron chi connectivity index (χ0n) is 16.6. The van der Waals surface area contributed by atoms with E-state index in [1.807, 2.05) is 48.9 Å². The maximum Gasteiger partial charge on any atom is 0.254 e. The lowest BCUT2D eigenvalue weighted by Crippen LogP contribution is -2.40. The highest BCUT2D eigenvalue weighted by molar-refractivity contribution is 6.30. The minimum atomic E-state index is -0.571. The van der Waals surface area contributed by atoms with Gasteiger partial charge in [-0.25, -0.2) is 4.39 Å². The summed E-state index contributed by atoms with van der Waals surface area (Å²) in [4.78, 5) is 13.1. The van der Waals surface area contributed by atoms with Gasteiger partial charge in [0.05, 0.1) is 16.6 Å². The third kappa shape index (κ3) is 4.39. The average molecular weight is 401 g/mol. The second kappa shape index (κ2) is 8.36. The van der Waals surface area contributed by atoms with Crippen molar-refractivity contribution in [3.05, 3.63) is 70.6 Å². The standard InChI is InChI=1S/C23H26ClFN2O/c1-4-5-6-13-27-15-20(19-12-11-18(25)14-21(19)27)22(28)26-23(2,3)16-7-9-17(24)10-8-16/h7-12,14-15H,4-6,13H2,1-3H3,(H,26,28). The summed E-state index contributed by atoms with van der Waals surface area (Å²) < 4.78 is 15.8. The topological polar surface area (TPSA) is 34.0 Å². The van der Waals surface area contributed by atoms with Crippen LogP contribution in [0.15, 0.2) is 48.7 Å². The summed E-state index contributed by atoms with van der Waals surface area (Å²) in [6.07, 6.45) is 5.04. The highest BCUT2D eigenvalue weighted by Gasteiger charge is 2.25. The van der Waals surface area contributed by atoms with E-state index in [0.29, 0.717) is 10.6 Å². The lowest BCUT2D eigenvalue weighted by atomic mass is 9.94. The predicted molar refractivity (Wildman–Crippen MR) is 113 cm³/mol. The molecule has 0 atom stereocenters. The first kappa shape index (κ1) is 20.4. The number of fused-ring (bicyclic) bond motifs is 1. The Hall–Kier alpha value is -2.33. The molecule has 5 heteroatoms. The van der Waals surface area contributed by atoms with E-state index in [2.05, 4.69) is 12.2 Å². The van der Waals surface area contributed by atoms with Gasteiger partial charge in [-0.3, -0.25) is 4.79 Å². The van der Waals surface area contributed by atoms with E-state index >= 15 is 0 Å². The van der Waals surface area contributed by atoms with Crippen LogP contribution < -0.4 is 5.32 Å². The number of aryl methyl sites for hydroxylation is 1. The Morgan fingerprint density at radius 3 is 2.54 bits per heavy atom. The first-order chi connectivity index (χ1) is 13.3. The molecule has 0 spiro atoms. The highest BCUT2D eigenvalue weighted by Crippen LogP contribution is 2.26. The number of aromatic nitrogens is 1. The van der Waals surface area contributed by atoms with Crippen molar-refractivity contribution in [3.63, 3.8) is 0 Å². The molecule has 3 aromatic rings. The first-order valence-electron chi connectivity index (χ1n) is 9.69. The van der Waals surface area contributed by atoms with Crippen LogP contribution in [0.3, 0.4) is 0 Å². The Kier molecular flexibility index (Phi) is 6.09. The van der Waals surface area contributed by atoms with Gasteiger partial charge in [-0.05, 0) is 56.2 Å². The lowest BCUT2D eigenvalue weighted by molar-refractivity contribution is 0.0913. The molecule has 0 saturated carbocycles. The number of rotatable bonds is 7. The Morgan fingerprint density at radius 1 is 1.14 bits per heavy atom. The van der Waals surface area contributed by atoms with Gasteiger partial charge in [0, 0.05) is 23.2 Å². The second-order valence-electron chi connectivity index (χ2n) is 7.69. The molecule has 2 aromatic carbocycles. The van der Waals surface area contributed by atoms with Gasteiger partial charge >= 0.3 is 0 Å². The SMILES string of the molecule is CCCCCn1cc(C(=O)NC(C)(C)c2ccc(Cl)cc2)c2ccc(F)cc21. The van der Waals surface area contributed by atoms with E-state index < -0.39 is 5.54 Å². The summed E-state index contributed by atoms with van der Waals surface area (Å²) >= 11 is 5.98. The zero-order chi connectivity index (χ0) is 20.3. The molecule has 3 nitrogen and oxygen atoms in total. The van der Waals surface area contributed by atoms with E-state index in [0.717, 1.165) is 42.3 Å². The Morgan fingerprint density at radius 2 is 1.86 bits per heavy atom. The number of nitrogens with zero attached hydrogens (tertiary/aromatic N) is 1. The summed E-state index contributed by atoms with van der Waals surface area (Å²) in [6.45, 7) is 6.81. The zero-order valence-corrected chi connectivity index (χ0v) is 17.3. The summed E-state index contributed by atoms with van der Waals surface area (Å²) in [7, 11) is 0. The number of nitrogens with one attached hydrogen (secondary N) is 1. The number of hydrogen-bond donors (Lipinski definition) is 1. The predicted octanol–water partition coefficient (Wildman–Crippen LogP) is 6.29. The monoisotopic (exact) mass is 400 g/mol. The second-order valence-corrected chi connectivity index (χ2v) is 8.13. The lowest BCUT2D eigenvalue weighted by Gasteiger charge is -2.27. The van der Waals surface area contributed by atoms with E-state index in [4.69, 9.17) is 11.6 Å². The van der Waals surface area contributed by atoms with Crippen LogP contribution in [0.4, 0.5) is 4.39 Å². The number of amides is 1. The van der Waals surface area contributed by atoms with Crippen molar-refractivity contribution >= 4 is 28.4 Å². The van der Waals surface area contributed by atoms with Crippen LogP contribution in [0, 0.1) is 5.82 Å². The minimum Gasteiger partial charge on any atom is -0.347 e. The number of halogens is 2. The normalized spacial score (nSPS) is 11.8. The van der Waals surface area contributed by atoms with Crippen LogP contribution in [-0.2, 0) is 12.1 Å². The maximum atomic E-state index is 13.8. The van der Waals surface area contributed by atoms with Crippen molar-refractivity contribution in [3.8, 4) is 0 Å². The van der Waals surface area contributed by atoms with Crippen molar-refractivity contribution in [1.29, 1.82) is 0 Å². The molecule has 3 rings (SSSR count). The van der Waals surface area contributed by atoms with E-state index in [1.54, 1.807) is 6.07 Å². The highest BCUT2D eigenvalue weighted by atomic mass is 35.5. The molecule has 0 unspecified atom stereocenters. The molecule has 1 amide bonds. The molecule has 0 saturated heterocycles. The Labute approximate surface area is 170 Å². The molecular weight excluding hydrogens is 375 g/mol. The molecule has 0 aliphatic rings. The number of carbonyl (C=O) groups is 1. The first-order valence-corrected chi connectivity index (χ1v) is 10.1. The minimum absolute atomic E-state index is 0.175. The fourth-order valence-electron chi connectivity index (χ4n) is 3.45. The van der Waals surface area contributed by atoms with Gasteiger partial charge in [-0.1, -0.05) is 43.5 Å². The molecule has 1 aromatic heterocycles. The third-order valence-corrected chi connectivity index (χ3v) is 5.34. The van der Waals surface area contributed by atoms with Gasteiger partial charge in [-0.2, -0.15) is 0 Å². The van der Waals surface area contributed by atoms with E-state index in [9.17, 15) is 9.18 Å². The van der Waals surface area contributed by atoms with Crippen LogP contribution in [-0.4, -0.2) is 10.5 Å². The van der Waals surface area contributed by atoms with Crippen LogP contribution in [0.1, 0.15) is 56.0 Å². The average Bonchev–Trinajstić information content (AvgIpc) is 3.00. The third-order valence-electron chi connectivity index (χ3n) is 5.08. The van der Waals surface area contributed by atoms with Gasteiger partial charge in [0.1, 0.15) is 5.82 Å². The number of carbonyl (C=O) groups excluding carboxylic acids is 1. The molecule has 1 heterocycles. The van der Waals surface area contributed by atoms with Crippen molar-refractivity contribution < 1.29 is 9.18 Å². The molecule has 0 aliphatic carbocycles. The maximum absolute atomic E-state index is 13.8. The van der Waals surface area contributed by atoms with Gasteiger partial charge in [-0.15, -0.1) is 0 Å². The van der Waals surface area contributed by atoms with Gasteiger partial charge < -0.3 is 9.88 Å².